The van der Waals surface area contributed by atoms with Gasteiger partial charge in [0.2, 0.25) is 0 Å². The van der Waals surface area contributed by atoms with E-state index in [0.717, 1.165) is 13.0 Å². The maximum atomic E-state index is 11.3. The predicted molar refractivity (Wildman–Crippen MR) is 69.0 cm³/mol. The van der Waals surface area contributed by atoms with Crippen molar-refractivity contribution < 1.29 is 0 Å². The molecule has 0 aromatic carbocycles. The number of halogens is 1. The minimum absolute atomic E-state index is 0.237. The fourth-order valence-corrected chi connectivity index (χ4v) is 1.73. The number of hydrogen-bond donors (Lipinski definition) is 2. The summed E-state index contributed by atoms with van der Waals surface area (Å²) in [7, 11) is 0. The van der Waals surface area contributed by atoms with E-state index in [1.54, 1.807) is 18.6 Å². The van der Waals surface area contributed by atoms with E-state index in [2.05, 4.69) is 36.4 Å². The highest BCUT2D eigenvalue weighted by atomic mass is 79.9. The van der Waals surface area contributed by atoms with E-state index in [0.29, 0.717) is 10.2 Å². The number of aromatic amines is 1. The molecule has 0 spiro atoms. The molecule has 2 rings (SSSR count). The molecule has 0 aliphatic rings. The van der Waals surface area contributed by atoms with Crippen LogP contribution in [-0.2, 0) is 6.42 Å². The van der Waals surface area contributed by atoms with Gasteiger partial charge in [0.05, 0.1) is 11.9 Å². The highest BCUT2D eigenvalue weighted by molar-refractivity contribution is 9.10. The SMILES string of the molecule is O=c1[nH]ncc(NCCc2ccncc2)c1Br. The highest BCUT2D eigenvalue weighted by Gasteiger charge is 2.03. The second-order valence-corrected chi connectivity index (χ2v) is 4.25. The Bertz CT molecular complexity index is 541. The first-order valence-corrected chi connectivity index (χ1v) is 5.92. The van der Waals surface area contributed by atoms with E-state index < -0.39 is 0 Å². The number of anilines is 1. The Morgan fingerprint density at radius 1 is 1.35 bits per heavy atom. The van der Waals surface area contributed by atoms with Gasteiger partial charge in [0, 0.05) is 18.9 Å². The highest BCUT2D eigenvalue weighted by Crippen LogP contribution is 2.14. The van der Waals surface area contributed by atoms with Gasteiger partial charge in [-0.05, 0) is 40.0 Å². The van der Waals surface area contributed by atoms with Gasteiger partial charge >= 0.3 is 0 Å². The Hall–Kier alpha value is -1.69. The van der Waals surface area contributed by atoms with E-state index in [1.807, 2.05) is 12.1 Å². The molecule has 0 saturated heterocycles. The summed E-state index contributed by atoms with van der Waals surface area (Å²) in [6.07, 6.45) is 5.97. The molecular formula is C11H11BrN4O. The Labute approximate surface area is 106 Å². The maximum absolute atomic E-state index is 11.3. The normalized spacial score (nSPS) is 10.2. The molecule has 5 nitrogen and oxygen atoms in total. The van der Waals surface area contributed by atoms with Gasteiger partial charge in [-0.1, -0.05) is 0 Å². The summed E-state index contributed by atoms with van der Waals surface area (Å²) in [5, 5.41) is 9.23. The van der Waals surface area contributed by atoms with Gasteiger partial charge in [-0.3, -0.25) is 9.78 Å². The molecular weight excluding hydrogens is 284 g/mol. The van der Waals surface area contributed by atoms with Crippen molar-refractivity contribution >= 4 is 21.6 Å². The number of hydrogen-bond acceptors (Lipinski definition) is 4. The monoisotopic (exact) mass is 294 g/mol. The number of nitrogens with one attached hydrogen (secondary N) is 2. The first kappa shape index (κ1) is 11.8. The molecule has 0 aliphatic carbocycles. The molecule has 0 amide bonds. The third-order valence-electron chi connectivity index (χ3n) is 2.27. The van der Waals surface area contributed by atoms with Crippen LogP contribution in [0.1, 0.15) is 5.56 Å². The second-order valence-electron chi connectivity index (χ2n) is 3.46. The van der Waals surface area contributed by atoms with Crippen molar-refractivity contribution in [3.63, 3.8) is 0 Å². The molecule has 2 N–H and O–H groups in total. The van der Waals surface area contributed by atoms with Crippen LogP contribution in [0.5, 0.6) is 0 Å². The van der Waals surface area contributed by atoms with E-state index in [-0.39, 0.29) is 5.56 Å². The second kappa shape index (κ2) is 5.58. The van der Waals surface area contributed by atoms with Crippen molar-refractivity contribution in [1.82, 2.24) is 15.2 Å². The average Bonchev–Trinajstić information content (AvgIpc) is 2.36. The maximum Gasteiger partial charge on any atom is 0.280 e. The standard InChI is InChI=1S/C11H11BrN4O/c12-10-9(7-15-16-11(10)17)14-6-3-8-1-4-13-5-2-8/h1-2,4-5,7H,3,6H2,(H2,14,16,17). The minimum Gasteiger partial charge on any atom is -0.382 e. The molecule has 6 heteroatoms. The molecule has 2 aromatic heterocycles. The molecule has 88 valence electrons. The van der Waals surface area contributed by atoms with Crippen molar-refractivity contribution in [2.24, 2.45) is 0 Å². The fraction of sp³-hybridized carbons (Fsp3) is 0.182. The Balaban J connectivity index is 1.95. The van der Waals surface area contributed by atoms with Crippen LogP contribution in [0.3, 0.4) is 0 Å². The van der Waals surface area contributed by atoms with Crippen molar-refractivity contribution in [3.05, 3.63) is 51.1 Å². The van der Waals surface area contributed by atoms with Crippen LogP contribution in [0.25, 0.3) is 0 Å². The number of rotatable bonds is 4. The minimum atomic E-state index is -0.237. The lowest BCUT2D eigenvalue weighted by molar-refractivity contribution is 0.958. The molecule has 0 saturated carbocycles. The van der Waals surface area contributed by atoms with E-state index in [4.69, 9.17) is 0 Å². The Kier molecular flexibility index (Phi) is 3.87. The predicted octanol–water partition coefficient (Wildman–Crippen LogP) is 1.58. The summed E-state index contributed by atoms with van der Waals surface area (Å²) in [5.74, 6) is 0. The Morgan fingerprint density at radius 2 is 2.12 bits per heavy atom. The van der Waals surface area contributed by atoms with Gasteiger partial charge in [-0.15, -0.1) is 0 Å². The van der Waals surface area contributed by atoms with Crippen molar-refractivity contribution in [3.8, 4) is 0 Å². The van der Waals surface area contributed by atoms with Crippen LogP contribution in [0.2, 0.25) is 0 Å². The third kappa shape index (κ3) is 3.13. The summed E-state index contributed by atoms with van der Waals surface area (Å²) in [6, 6.07) is 3.93. The quantitative estimate of drug-likeness (QED) is 0.898. The topological polar surface area (TPSA) is 70.7 Å². The van der Waals surface area contributed by atoms with E-state index in [1.165, 1.54) is 5.56 Å². The Morgan fingerprint density at radius 3 is 2.88 bits per heavy atom. The molecule has 0 atom stereocenters. The largest absolute Gasteiger partial charge is 0.382 e. The summed E-state index contributed by atoms with van der Waals surface area (Å²) < 4.78 is 0.474. The van der Waals surface area contributed by atoms with Gasteiger partial charge in [-0.2, -0.15) is 5.10 Å². The number of H-pyrrole nitrogens is 1. The smallest absolute Gasteiger partial charge is 0.280 e. The molecule has 0 aliphatic heterocycles. The van der Waals surface area contributed by atoms with Crippen molar-refractivity contribution in [1.29, 1.82) is 0 Å². The van der Waals surface area contributed by atoms with E-state index >= 15 is 0 Å². The molecule has 2 heterocycles. The first-order chi connectivity index (χ1) is 8.27. The fourth-order valence-electron chi connectivity index (χ4n) is 1.40. The van der Waals surface area contributed by atoms with Crippen LogP contribution in [0, 0.1) is 0 Å². The first-order valence-electron chi connectivity index (χ1n) is 5.13. The van der Waals surface area contributed by atoms with Crippen LogP contribution in [0.15, 0.2) is 40.0 Å². The number of nitrogens with zero attached hydrogens (tertiary/aromatic N) is 2. The summed E-state index contributed by atoms with van der Waals surface area (Å²) in [4.78, 5) is 15.2. The molecule has 0 unspecified atom stereocenters. The van der Waals surface area contributed by atoms with Crippen molar-refractivity contribution in [2.75, 3.05) is 11.9 Å². The number of aromatic nitrogens is 3. The van der Waals surface area contributed by atoms with Gasteiger partial charge in [0.1, 0.15) is 4.47 Å². The number of pyridine rings is 1. The zero-order valence-corrected chi connectivity index (χ0v) is 10.6. The summed E-state index contributed by atoms with van der Waals surface area (Å²) in [5.41, 5.74) is 1.66. The van der Waals surface area contributed by atoms with Crippen LogP contribution >= 0.6 is 15.9 Å². The lowest BCUT2D eigenvalue weighted by atomic mass is 10.2. The van der Waals surface area contributed by atoms with Crippen LogP contribution in [0.4, 0.5) is 5.69 Å². The zero-order valence-electron chi connectivity index (χ0n) is 8.98. The van der Waals surface area contributed by atoms with E-state index in [9.17, 15) is 4.79 Å². The van der Waals surface area contributed by atoms with Crippen LogP contribution < -0.4 is 10.9 Å². The average molecular weight is 295 g/mol. The molecule has 2 aromatic rings. The zero-order chi connectivity index (χ0) is 12.1. The molecule has 0 fully saturated rings. The van der Waals surface area contributed by atoms with Gasteiger partial charge < -0.3 is 5.32 Å². The van der Waals surface area contributed by atoms with Gasteiger partial charge in [0.25, 0.3) is 5.56 Å². The third-order valence-corrected chi connectivity index (χ3v) is 3.06. The lowest BCUT2D eigenvalue weighted by Crippen LogP contribution is -2.13. The molecule has 0 bridgehead atoms. The molecule has 0 radical (unpaired) electrons. The van der Waals surface area contributed by atoms with Gasteiger partial charge in [-0.25, -0.2) is 5.10 Å². The summed E-state index contributed by atoms with van der Waals surface area (Å²) >= 11 is 3.21. The molecule has 17 heavy (non-hydrogen) atoms. The van der Waals surface area contributed by atoms with Crippen molar-refractivity contribution in [2.45, 2.75) is 6.42 Å². The van der Waals surface area contributed by atoms with Gasteiger partial charge in [0.15, 0.2) is 0 Å². The lowest BCUT2D eigenvalue weighted by Gasteiger charge is -2.06. The van der Waals surface area contributed by atoms with Crippen LogP contribution in [-0.4, -0.2) is 21.7 Å². The summed E-state index contributed by atoms with van der Waals surface area (Å²) in [6.45, 7) is 0.730.